The fourth-order valence-electron chi connectivity index (χ4n) is 2.71. The highest BCUT2D eigenvalue weighted by Crippen LogP contribution is 2.29. The van der Waals surface area contributed by atoms with Crippen molar-refractivity contribution >= 4 is 23.5 Å². The van der Waals surface area contributed by atoms with Crippen LogP contribution < -0.4 is 10.2 Å². The van der Waals surface area contributed by atoms with Crippen molar-refractivity contribution in [1.82, 2.24) is 5.32 Å². The normalized spacial score (nSPS) is 20.4. The molecule has 6 nitrogen and oxygen atoms in total. The molecule has 1 saturated heterocycles. The number of hydrogen-bond donors (Lipinski definition) is 1. The van der Waals surface area contributed by atoms with Crippen LogP contribution in [0.1, 0.15) is 29.3 Å². The molecule has 2 aliphatic rings. The van der Waals surface area contributed by atoms with Gasteiger partial charge in [0.25, 0.3) is 0 Å². The van der Waals surface area contributed by atoms with Crippen LogP contribution in [0.4, 0.5) is 10.5 Å². The summed E-state index contributed by atoms with van der Waals surface area (Å²) in [6, 6.07) is 5.42. The summed E-state index contributed by atoms with van der Waals surface area (Å²) in [5.74, 6) is 0.00428. The van der Waals surface area contributed by atoms with Crippen LogP contribution >= 0.6 is 0 Å². The van der Waals surface area contributed by atoms with Crippen molar-refractivity contribution in [2.24, 2.45) is 0 Å². The second kappa shape index (κ2) is 5.20. The molecule has 1 aromatic rings. The van der Waals surface area contributed by atoms with E-state index in [0.717, 1.165) is 23.2 Å². The lowest BCUT2D eigenvalue weighted by Gasteiger charge is -2.14. The highest BCUT2D eigenvalue weighted by atomic mass is 16.6. The summed E-state index contributed by atoms with van der Waals surface area (Å²) in [6.45, 7) is 2.12. The number of benzene rings is 1. The van der Waals surface area contributed by atoms with E-state index in [9.17, 15) is 14.4 Å². The highest BCUT2D eigenvalue weighted by Gasteiger charge is 2.33. The fraction of sp³-hybridized carbons (Fsp3) is 0.400. The molecule has 1 heterocycles. The number of ketones is 1. The van der Waals surface area contributed by atoms with Crippen LogP contribution in [0, 0.1) is 0 Å². The van der Waals surface area contributed by atoms with Crippen molar-refractivity contribution in [2.75, 3.05) is 18.0 Å². The number of aryl methyl sites for hydroxylation is 1. The van der Waals surface area contributed by atoms with Crippen LogP contribution in [0.25, 0.3) is 0 Å². The number of carbonyl (C=O) groups excluding carboxylic acids is 3. The van der Waals surface area contributed by atoms with Gasteiger partial charge in [0, 0.05) is 24.6 Å². The van der Waals surface area contributed by atoms with Gasteiger partial charge in [0.1, 0.15) is 6.10 Å². The van der Waals surface area contributed by atoms with Crippen molar-refractivity contribution in [2.45, 2.75) is 25.9 Å². The molecule has 1 unspecified atom stereocenters. The molecule has 1 aliphatic heterocycles. The zero-order valence-corrected chi connectivity index (χ0v) is 11.7. The van der Waals surface area contributed by atoms with Crippen LogP contribution in [0.15, 0.2) is 18.2 Å². The summed E-state index contributed by atoms with van der Waals surface area (Å²) in [7, 11) is 0. The molecule has 0 aromatic heterocycles. The number of fused-ring (bicyclic) bond motifs is 1. The molecule has 0 spiro atoms. The number of cyclic esters (lactones) is 1. The van der Waals surface area contributed by atoms with E-state index in [2.05, 4.69) is 5.32 Å². The maximum Gasteiger partial charge on any atom is 0.414 e. The van der Waals surface area contributed by atoms with Gasteiger partial charge >= 0.3 is 6.09 Å². The lowest BCUT2D eigenvalue weighted by molar-refractivity contribution is -0.119. The van der Waals surface area contributed by atoms with Gasteiger partial charge in [-0.25, -0.2) is 4.79 Å². The number of anilines is 1. The minimum atomic E-state index is -0.422. The molecule has 0 bridgehead atoms. The predicted octanol–water partition coefficient (Wildman–Crippen LogP) is 1.28. The van der Waals surface area contributed by atoms with E-state index in [1.807, 2.05) is 6.07 Å². The molecule has 1 aromatic carbocycles. The van der Waals surface area contributed by atoms with E-state index in [1.54, 1.807) is 12.1 Å². The molecule has 0 saturated carbocycles. The number of carbonyl (C=O) groups is 3. The number of hydrogen-bond acceptors (Lipinski definition) is 4. The van der Waals surface area contributed by atoms with Crippen molar-refractivity contribution in [3.8, 4) is 0 Å². The molecule has 3 rings (SSSR count). The fourth-order valence-corrected chi connectivity index (χ4v) is 2.71. The Balaban J connectivity index is 1.74. The first-order chi connectivity index (χ1) is 10.0. The second-order valence-electron chi connectivity index (χ2n) is 5.32. The zero-order chi connectivity index (χ0) is 15.0. The SMILES string of the molecule is CC(=O)NCC1CN(c2ccc3c(c2)CCC3=O)C(=O)O1. The van der Waals surface area contributed by atoms with Gasteiger partial charge in [-0.2, -0.15) is 0 Å². The minimum Gasteiger partial charge on any atom is -0.442 e. The Bertz CT molecular complexity index is 626. The number of ether oxygens (including phenoxy) is 1. The van der Waals surface area contributed by atoms with E-state index < -0.39 is 6.09 Å². The average Bonchev–Trinajstić information content (AvgIpc) is 3.00. The summed E-state index contributed by atoms with van der Waals surface area (Å²) in [4.78, 5) is 36.0. The zero-order valence-electron chi connectivity index (χ0n) is 11.7. The third-order valence-corrected chi connectivity index (χ3v) is 3.78. The first kappa shape index (κ1) is 13.6. The number of amides is 2. The van der Waals surface area contributed by atoms with Gasteiger partial charge in [0.2, 0.25) is 5.91 Å². The topological polar surface area (TPSA) is 75.7 Å². The summed E-state index contributed by atoms with van der Waals surface area (Å²) in [6.07, 6.45) is 0.486. The van der Waals surface area contributed by atoms with Gasteiger partial charge in [0.15, 0.2) is 5.78 Å². The van der Waals surface area contributed by atoms with Crippen molar-refractivity contribution in [3.63, 3.8) is 0 Å². The molecular weight excluding hydrogens is 272 g/mol. The largest absolute Gasteiger partial charge is 0.442 e. The third-order valence-electron chi connectivity index (χ3n) is 3.78. The van der Waals surface area contributed by atoms with Crippen LogP contribution in [-0.4, -0.2) is 37.0 Å². The van der Waals surface area contributed by atoms with Gasteiger partial charge < -0.3 is 10.1 Å². The Labute approximate surface area is 122 Å². The maximum absolute atomic E-state index is 11.9. The van der Waals surface area contributed by atoms with Gasteiger partial charge in [-0.1, -0.05) is 0 Å². The molecule has 1 fully saturated rings. The van der Waals surface area contributed by atoms with E-state index in [1.165, 1.54) is 11.8 Å². The van der Waals surface area contributed by atoms with Crippen molar-refractivity contribution in [3.05, 3.63) is 29.3 Å². The lowest BCUT2D eigenvalue weighted by Crippen LogP contribution is -2.33. The third kappa shape index (κ3) is 2.61. The maximum atomic E-state index is 11.9. The molecule has 1 N–H and O–H groups in total. The summed E-state index contributed by atoms with van der Waals surface area (Å²) < 4.78 is 5.22. The van der Waals surface area contributed by atoms with Crippen molar-refractivity contribution < 1.29 is 19.1 Å². The molecule has 21 heavy (non-hydrogen) atoms. The number of rotatable bonds is 3. The van der Waals surface area contributed by atoms with E-state index in [0.29, 0.717) is 19.5 Å². The van der Waals surface area contributed by atoms with Gasteiger partial charge in [0.05, 0.1) is 13.1 Å². The summed E-state index contributed by atoms with van der Waals surface area (Å²) in [5.41, 5.74) is 2.47. The number of Topliss-reactive ketones (excluding diaryl/α,β-unsaturated/α-hetero) is 1. The van der Waals surface area contributed by atoms with Gasteiger partial charge in [-0.05, 0) is 30.2 Å². The first-order valence-electron chi connectivity index (χ1n) is 6.93. The molecule has 1 atom stereocenters. The average molecular weight is 288 g/mol. The van der Waals surface area contributed by atoms with E-state index in [4.69, 9.17) is 4.74 Å². The van der Waals surface area contributed by atoms with Gasteiger partial charge in [-0.3, -0.25) is 14.5 Å². The van der Waals surface area contributed by atoms with E-state index in [-0.39, 0.29) is 17.8 Å². The first-order valence-corrected chi connectivity index (χ1v) is 6.93. The van der Waals surface area contributed by atoms with Crippen LogP contribution in [0.3, 0.4) is 0 Å². The number of nitrogens with one attached hydrogen (secondary N) is 1. The summed E-state index contributed by atoms with van der Waals surface area (Å²) in [5, 5.41) is 2.64. The Morgan fingerprint density at radius 1 is 1.38 bits per heavy atom. The monoisotopic (exact) mass is 288 g/mol. The standard InChI is InChI=1S/C15H16N2O4/c1-9(18)16-7-12-8-17(15(20)21-12)11-3-4-13-10(6-11)2-5-14(13)19/h3-4,6,12H,2,5,7-8H2,1H3,(H,16,18). The smallest absolute Gasteiger partial charge is 0.414 e. The Morgan fingerprint density at radius 3 is 2.95 bits per heavy atom. The predicted molar refractivity (Wildman–Crippen MR) is 75.4 cm³/mol. The number of nitrogens with zero attached hydrogens (tertiary/aromatic N) is 1. The molecule has 1 aliphatic carbocycles. The van der Waals surface area contributed by atoms with Crippen molar-refractivity contribution in [1.29, 1.82) is 0 Å². The molecule has 6 heteroatoms. The summed E-state index contributed by atoms with van der Waals surface area (Å²) >= 11 is 0. The Hall–Kier alpha value is -2.37. The molecule has 110 valence electrons. The molecular formula is C15H16N2O4. The lowest BCUT2D eigenvalue weighted by atomic mass is 10.1. The van der Waals surface area contributed by atoms with Crippen LogP contribution in [0.5, 0.6) is 0 Å². The van der Waals surface area contributed by atoms with Crippen LogP contribution in [0.2, 0.25) is 0 Å². The van der Waals surface area contributed by atoms with Gasteiger partial charge in [-0.15, -0.1) is 0 Å². The Kier molecular flexibility index (Phi) is 3.37. The Morgan fingerprint density at radius 2 is 2.19 bits per heavy atom. The van der Waals surface area contributed by atoms with Crippen LogP contribution in [-0.2, 0) is 16.0 Å². The molecule has 0 radical (unpaired) electrons. The highest BCUT2D eigenvalue weighted by molar-refractivity contribution is 6.01. The quantitative estimate of drug-likeness (QED) is 0.909. The molecule has 2 amide bonds. The minimum absolute atomic E-state index is 0.152. The van der Waals surface area contributed by atoms with E-state index >= 15 is 0 Å². The second-order valence-corrected chi connectivity index (χ2v) is 5.32.